The Bertz CT molecular complexity index is 1150. The lowest BCUT2D eigenvalue weighted by molar-refractivity contribution is -0.133. The fourth-order valence-electron chi connectivity index (χ4n) is 4.64. The minimum absolute atomic E-state index is 0.0857. The number of rotatable bonds is 4. The van der Waals surface area contributed by atoms with Gasteiger partial charge in [-0.05, 0) is 36.2 Å². The zero-order chi connectivity index (χ0) is 23.7. The van der Waals surface area contributed by atoms with Crippen molar-refractivity contribution >= 4 is 29.7 Å². The van der Waals surface area contributed by atoms with E-state index in [2.05, 4.69) is 26.1 Å². The zero-order valence-electron chi connectivity index (χ0n) is 18.7. The van der Waals surface area contributed by atoms with Gasteiger partial charge in [-0.2, -0.15) is 22.1 Å². The summed E-state index contributed by atoms with van der Waals surface area (Å²) < 4.78 is 13.9. The number of carbonyl (C=O) groups is 1. The van der Waals surface area contributed by atoms with Gasteiger partial charge in [-0.15, -0.1) is 5.53 Å². The number of piperazine rings is 1. The van der Waals surface area contributed by atoms with Crippen molar-refractivity contribution in [3.63, 3.8) is 0 Å². The highest BCUT2D eigenvalue weighted by atomic mass is 32.2. The molecule has 9 nitrogen and oxygen atoms in total. The molecule has 2 saturated heterocycles. The third-order valence-electron chi connectivity index (χ3n) is 6.59. The van der Waals surface area contributed by atoms with Gasteiger partial charge in [0.1, 0.15) is 18.2 Å². The average Bonchev–Trinajstić information content (AvgIpc) is 3.39. The maximum Gasteiger partial charge on any atom is 0.228 e. The molecule has 4 heterocycles. The second kappa shape index (κ2) is 9.58. The average molecular weight is 481 g/mol. The molecule has 34 heavy (non-hydrogen) atoms. The van der Waals surface area contributed by atoms with Crippen LogP contribution in [0.4, 0.5) is 10.1 Å². The lowest BCUT2D eigenvalue weighted by atomic mass is 9.99. The van der Waals surface area contributed by atoms with Crippen LogP contribution in [0, 0.1) is 24.1 Å². The third-order valence-corrected chi connectivity index (χ3v) is 7.97. The standard InChI is InChI=1S/C23H25FN8OS/c1-15-19(4-5-21(24)20(15)9-25)22-12-30-6-7-31(11-18(30)13-34-22)23(33)8-16-2-3-17(10-26-16)32-14-27-28-29-32/h2-5,10,14,18,22,28-29H,6-8,11-13H2,1H3/t18-,22+/m0/s1. The third kappa shape index (κ3) is 4.44. The molecular formula is C23H25FN8OS. The number of fused-ring (bicyclic) bond motifs is 1. The van der Waals surface area contributed by atoms with Gasteiger partial charge in [-0.25, -0.2) is 14.9 Å². The van der Waals surface area contributed by atoms with E-state index in [1.165, 1.54) is 6.07 Å². The molecular weight excluding hydrogens is 455 g/mol. The monoisotopic (exact) mass is 480 g/mol. The van der Waals surface area contributed by atoms with E-state index >= 15 is 0 Å². The van der Waals surface area contributed by atoms with Crippen molar-refractivity contribution in [2.45, 2.75) is 24.6 Å². The molecule has 1 aromatic heterocycles. The maximum absolute atomic E-state index is 13.9. The summed E-state index contributed by atoms with van der Waals surface area (Å²) in [5, 5.41) is 15.0. The van der Waals surface area contributed by atoms with Gasteiger partial charge in [0.2, 0.25) is 5.91 Å². The number of halogens is 1. The van der Waals surface area contributed by atoms with Crippen LogP contribution in [0.15, 0.2) is 35.6 Å². The summed E-state index contributed by atoms with van der Waals surface area (Å²) in [6, 6.07) is 9.25. The van der Waals surface area contributed by atoms with E-state index in [0.29, 0.717) is 19.1 Å². The van der Waals surface area contributed by atoms with Gasteiger partial charge < -0.3 is 4.90 Å². The molecule has 1 amide bonds. The summed E-state index contributed by atoms with van der Waals surface area (Å²) in [4.78, 5) is 21.7. The molecule has 176 valence electrons. The molecule has 0 saturated carbocycles. The number of carbonyl (C=O) groups excluding carboxylic acids is 1. The molecule has 0 spiro atoms. The van der Waals surface area contributed by atoms with Crippen molar-refractivity contribution in [3.8, 4) is 6.07 Å². The van der Waals surface area contributed by atoms with Crippen LogP contribution in [0.2, 0.25) is 0 Å². The van der Waals surface area contributed by atoms with Crippen molar-refractivity contribution in [1.29, 1.82) is 5.26 Å². The van der Waals surface area contributed by atoms with Gasteiger partial charge in [-0.1, -0.05) is 6.07 Å². The SMILES string of the molecule is Cc1c([C@H]2CN3CCN(C(=O)Cc4ccc(N5C=NNN5)cn4)C[C@H]3CS2)ccc(F)c1C#N. The minimum atomic E-state index is -0.461. The van der Waals surface area contributed by atoms with Crippen LogP contribution in [0.25, 0.3) is 0 Å². The van der Waals surface area contributed by atoms with Gasteiger partial charge in [0.15, 0.2) is 0 Å². The molecule has 2 atom stereocenters. The van der Waals surface area contributed by atoms with E-state index in [0.717, 1.165) is 41.4 Å². The minimum Gasteiger partial charge on any atom is -0.339 e. The van der Waals surface area contributed by atoms with Gasteiger partial charge in [0.05, 0.1) is 23.9 Å². The quantitative estimate of drug-likeness (QED) is 0.683. The van der Waals surface area contributed by atoms with Crippen LogP contribution >= 0.6 is 11.8 Å². The predicted octanol–water partition coefficient (Wildman–Crippen LogP) is 1.72. The number of anilines is 1. The van der Waals surface area contributed by atoms with Crippen LogP contribution in [-0.2, 0) is 11.2 Å². The number of hydrogen-bond acceptors (Lipinski definition) is 9. The molecule has 1 aromatic carbocycles. The van der Waals surface area contributed by atoms with E-state index in [1.807, 2.05) is 47.9 Å². The molecule has 0 unspecified atom stereocenters. The van der Waals surface area contributed by atoms with Crippen molar-refractivity contribution in [2.24, 2.45) is 5.10 Å². The van der Waals surface area contributed by atoms with Crippen LogP contribution in [0.1, 0.15) is 27.6 Å². The van der Waals surface area contributed by atoms with E-state index < -0.39 is 5.82 Å². The smallest absolute Gasteiger partial charge is 0.228 e. The first-order chi connectivity index (χ1) is 16.5. The molecule has 0 aliphatic carbocycles. The summed E-state index contributed by atoms with van der Waals surface area (Å²) in [6.45, 7) is 4.84. The highest BCUT2D eigenvalue weighted by Crippen LogP contribution is 2.39. The van der Waals surface area contributed by atoms with Gasteiger partial charge >= 0.3 is 0 Å². The van der Waals surface area contributed by atoms with Crippen molar-refractivity contribution in [2.75, 3.05) is 36.9 Å². The highest BCUT2D eigenvalue weighted by molar-refractivity contribution is 7.99. The number of amides is 1. The summed E-state index contributed by atoms with van der Waals surface area (Å²) >= 11 is 1.82. The Morgan fingerprint density at radius 2 is 2.18 bits per heavy atom. The fourth-order valence-corrected chi connectivity index (χ4v) is 6.14. The normalized spacial score (nSPS) is 22.3. The Morgan fingerprint density at radius 1 is 1.29 bits per heavy atom. The number of hydrazine groups is 2. The van der Waals surface area contributed by atoms with Crippen LogP contribution < -0.4 is 16.1 Å². The Kier molecular flexibility index (Phi) is 6.36. The van der Waals surface area contributed by atoms with Crippen molar-refractivity contribution < 1.29 is 9.18 Å². The molecule has 5 rings (SSSR count). The Hall–Kier alpha value is -3.20. The van der Waals surface area contributed by atoms with E-state index in [4.69, 9.17) is 0 Å². The van der Waals surface area contributed by atoms with Crippen molar-refractivity contribution in [1.82, 2.24) is 25.9 Å². The van der Waals surface area contributed by atoms with E-state index in [-0.39, 0.29) is 23.1 Å². The molecule has 0 bridgehead atoms. The summed E-state index contributed by atoms with van der Waals surface area (Å²) in [5.74, 6) is 0.512. The second-order valence-corrected chi connectivity index (χ2v) is 9.82. The largest absolute Gasteiger partial charge is 0.339 e. The summed E-state index contributed by atoms with van der Waals surface area (Å²) in [6.07, 6.45) is 3.59. The predicted molar refractivity (Wildman–Crippen MR) is 128 cm³/mol. The Morgan fingerprint density at radius 3 is 2.91 bits per heavy atom. The molecule has 2 aromatic rings. The Labute approximate surface area is 201 Å². The number of nitrogens with one attached hydrogen (secondary N) is 2. The Balaban J connectivity index is 1.18. The molecule has 3 aliphatic rings. The topological polar surface area (TPSA) is 99.9 Å². The second-order valence-electron chi connectivity index (χ2n) is 8.58. The zero-order valence-corrected chi connectivity index (χ0v) is 19.6. The number of nitriles is 1. The lowest BCUT2D eigenvalue weighted by Gasteiger charge is -2.46. The van der Waals surface area contributed by atoms with Gasteiger partial charge in [-0.3, -0.25) is 14.7 Å². The first kappa shape index (κ1) is 22.6. The number of hydrogen-bond donors (Lipinski definition) is 2. The first-order valence-electron chi connectivity index (χ1n) is 11.1. The lowest BCUT2D eigenvalue weighted by Crippen LogP contribution is -2.58. The summed E-state index contributed by atoms with van der Waals surface area (Å²) in [7, 11) is 0. The number of pyridine rings is 1. The molecule has 2 N–H and O–H groups in total. The number of benzene rings is 1. The number of aromatic nitrogens is 1. The van der Waals surface area contributed by atoms with Crippen LogP contribution in [0.3, 0.4) is 0 Å². The molecule has 0 radical (unpaired) electrons. The number of hydrazone groups is 1. The number of thioether (sulfide) groups is 1. The van der Waals surface area contributed by atoms with Gasteiger partial charge in [0, 0.05) is 48.9 Å². The molecule has 2 fully saturated rings. The first-order valence-corrected chi connectivity index (χ1v) is 12.2. The van der Waals surface area contributed by atoms with E-state index in [9.17, 15) is 14.4 Å². The summed E-state index contributed by atoms with van der Waals surface area (Å²) in [5.41, 5.74) is 8.93. The molecule has 3 aliphatic heterocycles. The van der Waals surface area contributed by atoms with Crippen molar-refractivity contribution in [3.05, 3.63) is 58.7 Å². The fraction of sp³-hybridized carbons (Fsp3) is 0.391. The number of nitrogens with zero attached hydrogens (tertiary/aromatic N) is 6. The van der Waals surface area contributed by atoms with Gasteiger partial charge in [0.25, 0.3) is 0 Å². The maximum atomic E-state index is 13.9. The highest BCUT2D eigenvalue weighted by Gasteiger charge is 2.36. The van der Waals surface area contributed by atoms with Crippen LogP contribution in [0.5, 0.6) is 0 Å². The molecule has 11 heteroatoms. The van der Waals surface area contributed by atoms with Crippen LogP contribution in [-0.4, -0.2) is 65.0 Å². The van der Waals surface area contributed by atoms with E-state index in [1.54, 1.807) is 17.5 Å².